The second-order valence-electron chi connectivity index (χ2n) is 6.05. The molecule has 3 heteroatoms. The molecule has 110 valence electrons. The Bertz CT molecular complexity index is 460. The van der Waals surface area contributed by atoms with E-state index in [2.05, 4.69) is 30.4 Å². The Morgan fingerprint density at radius 2 is 2.20 bits per heavy atom. The fourth-order valence-corrected chi connectivity index (χ4v) is 3.36. The Morgan fingerprint density at radius 1 is 1.30 bits per heavy atom. The first-order valence-electron chi connectivity index (χ1n) is 7.84. The highest BCUT2D eigenvalue weighted by atomic mass is 16.5. The molecule has 20 heavy (non-hydrogen) atoms. The third-order valence-electron chi connectivity index (χ3n) is 4.54. The monoisotopic (exact) mass is 275 g/mol. The van der Waals surface area contributed by atoms with Gasteiger partial charge in [0, 0.05) is 6.04 Å². The topological polar surface area (TPSA) is 30.5 Å². The van der Waals surface area contributed by atoms with E-state index in [1.807, 2.05) is 7.05 Å². The SMILES string of the molecule is CNC1CCCc2ccc(OCC3CCC(C)O3)cc21. The number of nitrogens with one attached hydrogen (secondary N) is 1. The molecule has 1 saturated heterocycles. The van der Waals surface area contributed by atoms with Crippen LogP contribution >= 0.6 is 0 Å². The molecule has 0 aromatic heterocycles. The summed E-state index contributed by atoms with van der Waals surface area (Å²) in [6, 6.07) is 7.03. The van der Waals surface area contributed by atoms with Gasteiger partial charge in [0.15, 0.2) is 0 Å². The first-order chi connectivity index (χ1) is 9.76. The second kappa shape index (κ2) is 6.15. The number of rotatable bonds is 4. The van der Waals surface area contributed by atoms with Crippen molar-refractivity contribution in [3.8, 4) is 5.75 Å². The van der Waals surface area contributed by atoms with E-state index in [-0.39, 0.29) is 6.10 Å². The lowest BCUT2D eigenvalue weighted by molar-refractivity contribution is 0.0264. The van der Waals surface area contributed by atoms with Crippen LogP contribution in [-0.2, 0) is 11.2 Å². The van der Waals surface area contributed by atoms with Gasteiger partial charge < -0.3 is 14.8 Å². The molecule has 3 atom stereocenters. The standard InChI is InChI=1S/C17H25NO2/c1-12-6-8-15(20-12)11-19-14-9-7-13-4-3-5-17(18-2)16(13)10-14/h7,9-10,12,15,17-18H,3-6,8,11H2,1-2H3. The molecule has 1 aliphatic heterocycles. The van der Waals surface area contributed by atoms with Gasteiger partial charge in [-0.15, -0.1) is 0 Å². The lowest BCUT2D eigenvalue weighted by Crippen LogP contribution is -2.22. The van der Waals surface area contributed by atoms with Crippen molar-refractivity contribution in [1.82, 2.24) is 5.32 Å². The molecular weight excluding hydrogens is 250 g/mol. The number of aryl methyl sites for hydroxylation is 1. The molecule has 1 aromatic rings. The number of hydrogen-bond acceptors (Lipinski definition) is 3. The van der Waals surface area contributed by atoms with Crippen molar-refractivity contribution < 1.29 is 9.47 Å². The van der Waals surface area contributed by atoms with Gasteiger partial charge in [0.2, 0.25) is 0 Å². The number of ether oxygens (including phenoxy) is 2. The van der Waals surface area contributed by atoms with Crippen LogP contribution in [0.5, 0.6) is 5.75 Å². The fourth-order valence-electron chi connectivity index (χ4n) is 3.36. The van der Waals surface area contributed by atoms with E-state index in [0.717, 1.165) is 18.6 Å². The lowest BCUT2D eigenvalue weighted by atomic mass is 9.87. The molecule has 0 radical (unpaired) electrons. The summed E-state index contributed by atoms with van der Waals surface area (Å²) in [5.74, 6) is 0.981. The van der Waals surface area contributed by atoms with E-state index in [1.54, 1.807) is 0 Å². The van der Waals surface area contributed by atoms with E-state index < -0.39 is 0 Å². The highest BCUT2D eigenvalue weighted by Crippen LogP contribution is 2.32. The number of fused-ring (bicyclic) bond motifs is 1. The minimum atomic E-state index is 0.265. The zero-order valence-electron chi connectivity index (χ0n) is 12.5. The predicted molar refractivity (Wildman–Crippen MR) is 80.2 cm³/mol. The third-order valence-corrected chi connectivity index (χ3v) is 4.54. The largest absolute Gasteiger partial charge is 0.491 e. The zero-order valence-corrected chi connectivity index (χ0v) is 12.5. The molecule has 2 aliphatic rings. The molecule has 0 amide bonds. The zero-order chi connectivity index (χ0) is 13.9. The predicted octanol–water partition coefficient (Wildman–Crippen LogP) is 3.23. The van der Waals surface area contributed by atoms with Crippen LogP contribution in [0.3, 0.4) is 0 Å². The van der Waals surface area contributed by atoms with Gasteiger partial charge >= 0.3 is 0 Å². The fraction of sp³-hybridized carbons (Fsp3) is 0.647. The average molecular weight is 275 g/mol. The van der Waals surface area contributed by atoms with Gasteiger partial charge in [-0.05, 0) is 69.3 Å². The van der Waals surface area contributed by atoms with Gasteiger partial charge in [-0.1, -0.05) is 6.07 Å². The minimum absolute atomic E-state index is 0.265. The maximum atomic E-state index is 5.94. The van der Waals surface area contributed by atoms with Gasteiger partial charge in [-0.3, -0.25) is 0 Å². The number of hydrogen-bond donors (Lipinski definition) is 1. The molecule has 0 saturated carbocycles. The van der Waals surface area contributed by atoms with E-state index >= 15 is 0 Å². The molecule has 3 nitrogen and oxygen atoms in total. The Kier molecular flexibility index (Phi) is 4.27. The van der Waals surface area contributed by atoms with Gasteiger partial charge in [-0.2, -0.15) is 0 Å². The van der Waals surface area contributed by atoms with Gasteiger partial charge in [0.05, 0.1) is 12.2 Å². The van der Waals surface area contributed by atoms with E-state index in [1.165, 1.54) is 30.4 Å². The summed E-state index contributed by atoms with van der Waals surface area (Å²) in [6.45, 7) is 2.81. The summed E-state index contributed by atoms with van der Waals surface area (Å²) in [5.41, 5.74) is 2.88. The molecule has 3 rings (SSSR count). The van der Waals surface area contributed by atoms with Crippen LogP contribution < -0.4 is 10.1 Å². The van der Waals surface area contributed by atoms with Gasteiger partial charge in [0.25, 0.3) is 0 Å². The summed E-state index contributed by atoms with van der Waals surface area (Å²) in [4.78, 5) is 0. The molecule has 0 spiro atoms. The quantitative estimate of drug-likeness (QED) is 0.915. The Labute approximate surface area is 121 Å². The molecule has 0 bridgehead atoms. The molecule has 1 aromatic carbocycles. The van der Waals surface area contributed by atoms with Crippen LogP contribution in [0.15, 0.2) is 18.2 Å². The van der Waals surface area contributed by atoms with Crippen LogP contribution in [0.25, 0.3) is 0 Å². The highest BCUT2D eigenvalue weighted by molar-refractivity contribution is 5.39. The molecule has 1 heterocycles. The van der Waals surface area contributed by atoms with Crippen LogP contribution in [0.4, 0.5) is 0 Å². The summed E-state index contributed by atoms with van der Waals surface area (Å²) in [7, 11) is 2.04. The summed E-state index contributed by atoms with van der Waals surface area (Å²) < 4.78 is 11.7. The van der Waals surface area contributed by atoms with Gasteiger partial charge in [-0.25, -0.2) is 0 Å². The Balaban J connectivity index is 1.65. The van der Waals surface area contributed by atoms with E-state index in [9.17, 15) is 0 Å². The molecular formula is C17H25NO2. The summed E-state index contributed by atoms with van der Waals surface area (Å²) in [5, 5.41) is 3.41. The van der Waals surface area contributed by atoms with Crippen molar-refractivity contribution in [3.05, 3.63) is 29.3 Å². The van der Waals surface area contributed by atoms with E-state index in [4.69, 9.17) is 9.47 Å². The Hall–Kier alpha value is -1.06. The van der Waals surface area contributed by atoms with Crippen molar-refractivity contribution in [3.63, 3.8) is 0 Å². The van der Waals surface area contributed by atoms with Crippen molar-refractivity contribution in [2.75, 3.05) is 13.7 Å². The molecule has 1 N–H and O–H groups in total. The van der Waals surface area contributed by atoms with Crippen LogP contribution in [0, 0.1) is 0 Å². The van der Waals surface area contributed by atoms with Crippen molar-refractivity contribution >= 4 is 0 Å². The van der Waals surface area contributed by atoms with Crippen LogP contribution in [0.1, 0.15) is 49.8 Å². The second-order valence-corrected chi connectivity index (χ2v) is 6.05. The third kappa shape index (κ3) is 2.99. The molecule has 1 fully saturated rings. The highest BCUT2D eigenvalue weighted by Gasteiger charge is 2.23. The lowest BCUT2D eigenvalue weighted by Gasteiger charge is -2.26. The van der Waals surface area contributed by atoms with Crippen molar-refractivity contribution in [2.24, 2.45) is 0 Å². The maximum absolute atomic E-state index is 5.94. The summed E-state index contributed by atoms with van der Waals surface area (Å²) >= 11 is 0. The summed E-state index contributed by atoms with van der Waals surface area (Å²) in [6.07, 6.45) is 6.60. The number of benzene rings is 1. The normalized spacial score (nSPS) is 29.2. The molecule has 3 unspecified atom stereocenters. The van der Waals surface area contributed by atoms with Crippen LogP contribution in [0.2, 0.25) is 0 Å². The van der Waals surface area contributed by atoms with Gasteiger partial charge in [0.1, 0.15) is 12.4 Å². The smallest absolute Gasteiger partial charge is 0.119 e. The Morgan fingerprint density at radius 3 is 2.95 bits per heavy atom. The van der Waals surface area contributed by atoms with E-state index in [0.29, 0.717) is 18.8 Å². The van der Waals surface area contributed by atoms with Crippen LogP contribution in [-0.4, -0.2) is 25.9 Å². The first-order valence-corrected chi connectivity index (χ1v) is 7.84. The first kappa shape index (κ1) is 13.9. The minimum Gasteiger partial charge on any atom is -0.491 e. The van der Waals surface area contributed by atoms with Crippen molar-refractivity contribution in [2.45, 2.75) is 57.3 Å². The average Bonchev–Trinajstić information content (AvgIpc) is 2.90. The molecule has 1 aliphatic carbocycles. The maximum Gasteiger partial charge on any atom is 0.119 e. The van der Waals surface area contributed by atoms with Crippen molar-refractivity contribution in [1.29, 1.82) is 0 Å².